The number of nitrogens with one attached hydrogen (secondary N) is 1. The van der Waals surface area contributed by atoms with Gasteiger partial charge in [0.25, 0.3) is 11.7 Å². The number of piperazine rings is 1. The predicted molar refractivity (Wildman–Crippen MR) is 155 cm³/mol. The van der Waals surface area contributed by atoms with Crippen LogP contribution in [-0.4, -0.2) is 56.6 Å². The van der Waals surface area contributed by atoms with E-state index >= 15 is 0 Å². The van der Waals surface area contributed by atoms with Gasteiger partial charge < -0.3 is 15.1 Å². The predicted octanol–water partition coefficient (Wildman–Crippen LogP) is 5.42. The number of hydrogen-bond acceptors (Lipinski definition) is 6. The fourth-order valence-corrected chi connectivity index (χ4v) is 4.93. The maximum Gasteiger partial charge on any atom is 0.254 e. The van der Waals surface area contributed by atoms with E-state index < -0.39 is 0 Å². The van der Waals surface area contributed by atoms with Gasteiger partial charge in [-0.15, -0.1) is 5.10 Å². The molecule has 0 aliphatic carbocycles. The molecule has 2 aromatic heterocycles. The van der Waals surface area contributed by atoms with E-state index in [1.165, 1.54) is 0 Å². The lowest BCUT2D eigenvalue weighted by Crippen LogP contribution is -2.48. The molecule has 1 aliphatic heterocycles. The zero-order chi connectivity index (χ0) is 26.9. The average Bonchev–Trinajstić information content (AvgIpc) is 3.38. The van der Waals surface area contributed by atoms with Gasteiger partial charge in [0.2, 0.25) is 0 Å². The van der Waals surface area contributed by atoms with Gasteiger partial charge in [0.1, 0.15) is 5.82 Å². The zero-order valence-corrected chi connectivity index (χ0v) is 22.4. The molecule has 0 unspecified atom stereocenters. The molecule has 0 radical (unpaired) electrons. The summed E-state index contributed by atoms with van der Waals surface area (Å²) in [5.74, 6) is 2.12. The molecule has 1 N–H and O–H groups in total. The number of carbonyl (C=O) groups excluding carboxylic acids is 1. The molecule has 0 bridgehead atoms. The molecule has 196 valence electrons. The van der Waals surface area contributed by atoms with Crippen LogP contribution in [0.15, 0.2) is 78.9 Å². The summed E-state index contributed by atoms with van der Waals surface area (Å²) in [7, 11) is 0. The molecule has 3 heterocycles. The minimum Gasteiger partial charge on any atom is -0.368 e. The number of aryl methyl sites for hydroxylation is 3. The van der Waals surface area contributed by atoms with Crippen molar-refractivity contribution in [2.75, 3.05) is 36.4 Å². The van der Waals surface area contributed by atoms with Crippen LogP contribution in [0.1, 0.15) is 27.2 Å². The number of hydrogen-bond donors (Lipinski definition) is 1. The minimum absolute atomic E-state index is 0.104. The highest BCUT2D eigenvalue weighted by Gasteiger charge is 2.22. The van der Waals surface area contributed by atoms with Gasteiger partial charge >= 0.3 is 0 Å². The molecule has 1 amide bonds. The monoisotopic (exact) mass is 517 g/mol. The molecule has 5 aromatic rings. The van der Waals surface area contributed by atoms with Gasteiger partial charge in [-0.3, -0.25) is 4.79 Å². The van der Waals surface area contributed by atoms with Gasteiger partial charge in [0.15, 0.2) is 5.82 Å². The van der Waals surface area contributed by atoms with E-state index in [-0.39, 0.29) is 5.91 Å². The summed E-state index contributed by atoms with van der Waals surface area (Å²) >= 11 is 0. The van der Waals surface area contributed by atoms with E-state index in [0.29, 0.717) is 24.7 Å². The number of nitrogens with zero attached hydrogens (tertiary/aromatic N) is 6. The van der Waals surface area contributed by atoms with Gasteiger partial charge in [-0.2, -0.15) is 9.50 Å². The smallest absolute Gasteiger partial charge is 0.254 e. The van der Waals surface area contributed by atoms with Crippen molar-refractivity contribution in [3.05, 3.63) is 101 Å². The number of rotatable bonds is 5. The molecule has 0 saturated carbocycles. The molecule has 0 spiro atoms. The third-order valence-electron chi connectivity index (χ3n) is 7.09. The van der Waals surface area contributed by atoms with Crippen LogP contribution in [0.4, 0.5) is 17.2 Å². The molecule has 3 aromatic carbocycles. The molecule has 0 atom stereocenters. The maximum atomic E-state index is 12.9. The number of fused-ring (bicyclic) bond motifs is 1. The number of carbonyl (C=O) groups is 1. The van der Waals surface area contributed by atoms with Gasteiger partial charge in [-0.05, 0) is 63.2 Å². The highest BCUT2D eigenvalue weighted by atomic mass is 16.2. The Balaban J connectivity index is 1.14. The molecule has 1 saturated heterocycles. The van der Waals surface area contributed by atoms with Crippen molar-refractivity contribution in [1.29, 1.82) is 0 Å². The lowest BCUT2D eigenvalue weighted by molar-refractivity contribution is 0.0747. The number of anilines is 3. The highest BCUT2D eigenvalue weighted by molar-refractivity contribution is 5.94. The summed E-state index contributed by atoms with van der Waals surface area (Å²) in [4.78, 5) is 26.4. The summed E-state index contributed by atoms with van der Waals surface area (Å²) in [6.07, 6.45) is 0. The van der Waals surface area contributed by atoms with Crippen LogP contribution in [0.2, 0.25) is 0 Å². The molecular formula is C31H31N7O. The van der Waals surface area contributed by atoms with E-state index in [4.69, 9.17) is 5.10 Å². The fraction of sp³-hybridized carbons (Fsp3) is 0.226. The number of aromatic nitrogens is 4. The molecule has 8 nitrogen and oxygen atoms in total. The largest absolute Gasteiger partial charge is 0.368 e. The van der Waals surface area contributed by atoms with Gasteiger partial charge in [-0.1, -0.05) is 41.5 Å². The number of benzene rings is 3. The summed E-state index contributed by atoms with van der Waals surface area (Å²) in [6, 6.07) is 26.3. The molecule has 8 heteroatoms. The lowest BCUT2D eigenvalue weighted by Gasteiger charge is -2.36. The van der Waals surface area contributed by atoms with Crippen LogP contribution in [0, 0.1) is 20.8 Å². The summed E-state index contributed by atoms with van der Waals surface area (Å²) in [5, 5.41) is 8.23. The SMILES string of the molecule is Cc1ccc(C(=O)N2CCN(c3ccc(Nc4cc(C)nc5nc(-c6cccc(C)c6)nn45)cc3)CC2)cc1. The van der Waals surface area contributed by atoms with Crippen molar-refractivity contribution in [3.63, 3.8) is 0 Å². The Kier molecular flexibility index (Phi) is 6.44. The fourth-order valence-electron chi connectivity index (χ4n) is 4.93. The van der Waals surface area contributed by atoms with E-state index in [0.717, 1.165) is 58.2 Å². The zero-order valence-electron chi connectivity index (χ0n) is 22.4. The third kappa shape index (κ3) is 5.18. The van der Waals surface area contributed by atoms with Crippen molar-refractivity contribution >= 4 is 28.9 Å². The second-order valence-electron chi connectivity index (χ2n) is 10.1. The van der Waals surface area contributed by atoms with Crippen LogP contribution < -0.4 is 10.2 Å². The van der Waals surface area contributed by atoms with Crippen LogP contribution in [0.5, 0.6) is 0 Å². The Morgan fingerprint density at radius 3 is 2.26 bits per heavy atom. The second kappa shape index (κ2) is 10.2. The van der Waals surface area contributed by atoms with E-state index in [2.05, 4.69) is 63.5 Å². The molecule has 39 heavy (non-hydrogen) atoms. The quantitative estimate of drug-likeness (QED) is 0.335. The Labute approximate surface area is 227 Å². The summed E-state index contributed by atoms with van der Waals surface area (Å²) in [6.45, 7) is 9.06. The summed E-state index contributed by atoms with van der Waals surface area (Å²) < 4.78 is 1.75. The third-order valence-corrected chi connectivity index (χ3v) is 7.09. The van der Waals surface area contributed by atoms with Crippen molar-refractivity contribution in [2.24, 2.45) is 0 Å². The van der Waals surface area contributed by atoms with Gasteiger partial charge in [0, 0.05) is 60.4 Å². The van der Waals surface area contributed by atoms with Crippen LogP contribution >= 0.6 is 0 Å². The second-order valence-corrected chi connectivity index (χ2v) is 10.1. The molecular weight excluding hydrogens is 486 g/mol. The van der Waals surface area contributed by atoms with Crippen LogP contribution in [-0.2, 0) is 0 Å². The van der Waals surface area contributed by atoms with E-state index in [1.807, 2.05) is 61.2 Å². The first kappa shape index (κ1) is 24.6. The topological polar surface area (TPSA) is 78.7 Å². The highest BCUT2D eigenvalue weighted by Crippen LogP contribution is 2.25. The van der Waals surface area contributed by atoms with Crippen molar-refractivity contribution in [1.82, 2.24) is 24.5 Å². The molecule has 1 aliphatic rings. The van der Waals surface area contributed by atoms with Crippen molar-refractivity contribution in [2.45, 2.75) is 20.8 Å². The Hall–Kier alpha value is -4.72. The normalized spacial score (nSPS) is 13.6. The number of amides is 1. The first-order chi connectivity index (χ1) is 18.9. The first-order valence-electron chi connectivity index (χ1n) is 13.2. The van der Waals surface area contributed by atoms with Gasteiger partial charge in [0.05, 0.1) is 0 Å². The van der Waals surface area contributed by atoms with E-state index in [1.54, 1.807) is 4.52 Å². The maximum absolute atomic E-state index is 12.9. The van der Waals surface area contributed by atoms with Gasteiger partial charge in [-0.25, -0.2) is 4.98 Å². The average molecular weight is 518 g/mol. The Morgan fingerprint density at radius 2 is 1.54 bits per heavy atom. The van der Waals surface area contributed by atoms with Crippen molar-refractivity contribution < 1.29 is 4.79 Å². The Morgan fingerprint density at radius 1 is 0.795 bits per heavy atom. The van der Waals surface area contributed by atoms with Crippen LogP contribution in [0.25, 0.3) is 17.2 Å². The van der Waals surface area contributed by atoms with E-state index in [9.17, 15) is 4.79 Å². The van der Waals surface area contributed by atoms with Crippen LogP contribution in [0.3, 0.4) is 0 Å². The lowest BCUT2D eigenvalue weighted by atomic mass is 10.1. The molecule has 6 rings (SSSR count). The van der Waals surface area contributed by atoms with Crippen molar-refractivity contribution in [3.8, 4) is 11.4 Å². The molecule has 1 fully saturated rings. The first-order valence-corrected chi connectivity index (χ1v) is 13.2. The Bertz CT molecular complexity index is 1630. The summed E-state index contributed by atoms with van der Waals surface area (Å²) in [5.41, 5.74) is 6.99. The minimum atomic E-state index is 0.104. The standard InChI is InChI=1S/C31H31N7O/c1-21-7-9-24(10-8-21)30(39)37-17-15-36(16-18-37)27-13-11-26(12-14-27)33-28-20-23(3)32-31-34-29(35-38(28)31)25-6-4-5-22(2)19-25/h4-14,19-20,33H,15-18H2,1-3H3.